The van der Waals surface area contributed by atoms with Gasteiger partial charge in [-0.15, -0.1) is 22.7 Å². The lowest BCUT2D eigenvalue weighted by molar-refractivity contribution is 0.412. The van der Waals surface area contributed by atoms with E-state index in [4.69, 9.17) is 4.74 Å². The highest BCUT2D eigenvalue weighted by atomic mass is 79.9. The number of methoxy groups -OCH3 is 1. The van der Waals surface area contributed by atoms with Gasteiger partial charge in [-0.2, -0.15) is 0 Å². The summed E-state index contributed by atoms with van der Waals surface area (Å²) in [7, 11) is 1.68. The third-order valence-corrected chi connectivity index (χ3v) is 6.98. The summed E-state index contributed by atoms with van der Waals surface area (Å²) in [6, 6.07) is 10.6. The van der Waals surface area contributed by atoms with Gasteiger partial charge >= 0.3 is 0 Å². The second-order valence-electron chi connectivity index (χ2n) is 4.05. The van der Waals surface area contributed by atoms with Gasteiger partial charge in [-0.1, -0.05) is 22.0 Å². The van der Waals surface area contributed by atoms with E-state index in [1.165, 1.54) is 19.8 Å². The molecule has 3 rings (SSSR count). The Labute approximate surface area is 136 Å². The summed E-state index contributed by atoms with van der Waals surface area (Å²) < 4.78 is 8.96. The highest BCUT2D eigenvalue weighted by Crippen LogP contribution is 2.41. The molecule has 0 spiro atoms. The van der Waals surface area contributed by atoms with Crippen molar-refractivity contribution in [2.75, 3.05) is 7.11 Å². The first-order valence-electron chi connectivity index (χ1n) is 5.63. The number of alkyl halides is 1. The van der Waals surface area contributed by atoms with E-state index >= 15 is 0 Å². The summed E-state index contributed by atoms with van der Waals surface area (Å²) in [5.74, 6) is 0.857. The summed E-state index contributed by atoms with van der Waals surface area (Å²) in [6.45, 7) is 0. The highest BCUT2D eigenvalue weighted by Gasteiger charge is 2.15. The van der Waals surface area contributed by atoms with Crippen molar-refractivity contribution in [1.29, 1.82) is 0 Å². The van der Waals surface area contributed by atoms with E-state index in [9.17, 15) is 0 Å². The van der Waals surface area contributed by atoms with Crippen LogP contribution < -0.4 is 4.74 Å². The predicted molar refractivity (Wildman–Crippen MR) is 91.2 cm³/mol. The molecule has 1 unspecified atom stereocenters. The second-order valence-corrected chi connectivity index (χ2v) is 7.89. The molecule has 0 saturated heterocycles. The summed E-state index contributed by atoms with van der Waals surface area (Å²) in [6.07, 6.45) is 0. The summed E-state index contributed by atoms with van der Waals surface area (Å²) in [4.78, 5) is 1.55. The third-order valence-electron chi connectivity index (χ3n) is 2.88. The summed E-state index contributed by atoms with van der Waals surface area (Å²) >= 11 is 11.0. The van der Waals surface area contributed by atoms with E-state index in [1.807, 2.05) is 17.4 Å². The van der Waals surface area contributed by atoms with Crippen LogP contribution in [0.2, 0.25) is 0 Å². The maximum Gasteiger partial charge on any atom is 0.133 e. The average Bonchev–Trinajstić information content (AvgIpc) is 2.98. The first-order valence-corrected chi connectivity index (χ1v) is 9.04. The quantitative estimate of drug-likeness (QED) is 0.459. The molecule has 0 radical (unpaired) electrons. The maximum absolute atomic E-state index is 5.26. The molecule has 0 saturated carbocycles. The number of ether oxygens (including phenoxy) is 1. The number of thiophene rings is 2. The Bertz CT molecular complexity index is 689. The largest absolute Gasteiger partial charge is 0.496 e. The van der Waals surface area contributed by atoms with Gasteiger partial charge in [-0.05, 0) is 51.1 Å². The average molecular weight is 418 g/mol. The zero-order valence-electron chi connectivity index (χ0n) is 10.0. The lowest BCUT2D eigenvalue weighted by Gasteiger charge is -2.10. The molecular weight excluding hydrogens is 408 g/mol. The molecule has 0 aliphatic heterocycles. The molecule has 19 heavy (non-hydrogen) atoms. The van der Waals surface area contributed by atoms with Gasteiger partial charge in [-0.25, -0.2) is 0 Å². The molecule has 0 amide bonds. The van der Waals surface area contributed by atoms with Crippen LogP contribution in [0.5, 0.6) is 5.75 Å². The van der Waals surface area contributed by atoms with Crippen LogP contribution in [0.25, 0.3) is 9.40 Å². The van der Waals surface area contributed by atoms with Gasteiger partial charge in [-0.3, -0.25) is 0 Å². The van der Waals surface area contributed by atoms with E-state index in [2.05, 4.69) is 61.5 Å². The number of benzene rings is 1. The number of hydrogen-bond acceptors (Lipinski definition) is 3. The van der Waals surface area contributed by atoms with E-state index in [0.29, 0.717) is 0 Å². The van der Waals surface area contributed by atoms with E-state index in [1.54, 1.807) is 18.4 Å². The zero-order valence-corrected chi connectivity index (χ0v) is 14.8. The molecule has 1 atom stereocenters. The molecule has 0 N–H and O–H groups in total. The fraction of sp³-hybridized carbons (Fsp3) is 0.143. The lowest BCUT2D eigenvalue weighted by Crippen LogP contribution is -1.91. The number of fused-ring (bicyclic) bond motifs is 1. The van der Waals surface area contributed by atoms with Crippen molar-refractivity contribution in [2.45, 2.75) is 4.83 Å². The van der Waals surface area contributed by atoms with Crippen LogP contribution >= 0.6 is 54.5 Å². The van der Waals surface area contributed by atoms with Crippen LogP contribution in [0.4, 0.5) is 0 Å². The van der Waals surface area contributed by atoms with Gasteiger partial charge in [0.2, 0.25) is 0 Å². The minimum Gasteiger partial charge on any atom is -0.496 e. The highest BCUT2D eigenvalue weighted by molar-refractivity contribution is 9.10. The third kappa shape index (κ3) is 2.61. The predicted octanol–water partition coefficient (Wildman–Crippen LogP) is 6.22. The molecule has 2 heterocycles. The maximum atomic E-state index is 5.26. The molecule has 1 nitrogen and oxygen atoms in total. The number of halogens is 2. The van der Waals surface area contributed by atoms with Crippen molar-refractivity contribution in [3.8, 4) is 5.75 Å². The first-order chi connectivity index (χ1) is 9.19. The van der Waals surface area contributed by atoms with E-state index in [-0.39, 0.29) is 4.83 Å². The van der Waals surface area contributed by atoms with Crippen LogP contribution in [-0.2, 0) is 0 Å². The van der Waals surface area contributed by atoms with Gasteiger partial charge in [0, 0.05) is 14.3 Å². The number of rotatable bonds is 3. The van der Waals surface area contributed by atoms with Crippen molar-refractivity contribution in [3.05, 3.63) is 50.6 Å². The molecule has 0 bridgehead atoms. The Morgan fingerprint density at radius 3 is 2.68 bits per heavy atom. The molecule has 98 valence electrons. The molecule has 1 aromatic carbocycles. The van der Waals surface area contributed by atoms with Crippen LogP contribution in [0.15, 0.2) is 40.2 Å². The standard InChI is InChI=1S/C14H10Br2OS2/c1-17-10-3-2-8(6-9(10)15)14(16)13-7-12-11(19-13)4-5-18-12/h2-7,14H,1H3. The monoisotopic (exact) mass is 416 g/mol. The van der Waals surface area contributed by atoms with Crippen LogP contribution in [-0.4, -0.2) is 7.11 Å². The SMILES string of the molecule is COc1ccc(C(Br)c2cc3sccc3s2)cc1Br. The Hall–Kier alpha value is -0.360. The smallest absolute Gasteiger partial charge is 0.133 e. The topological polar surface area (TPSA) is 9.23 Å². The van der Waals surface area contributed by atoms with E-state index < -0.39 is 0 Å². The minimum absolute atomic E-state index is 0.222. The van der Waals surface area contributed by atoms with Crippen LogP contribution in [0.1, 0.15) is 15.3 Å². The fourth-order valence-electron chi connectivity index (χ4n) is 1.91. The van der Waals surface area contributed by atoms with Gasteiger partial charge < -0.3 is 4.74 Å². The summed E-state index contributed by atoms with van der Waals surface area (Å²) in [5.41, 5.74) is 1.22. The molecule has 5 heteroatoms. The van der Waals surface area contributed by atoms with Crippen molar-refractivity contribution < 1.29 is 4.74 Å². The van der Waals surface area contributed by atoms with Crippen LogP contribution in [0, 0.1) is 0 Å². The van der Waals surface area contributed by atoms with Crippen molar-refractivity contribution in [3.63, 3.8) is 0 Å². The molecular formula is C14H10Br2OS2. The normalized spacial score (nSPS) is 12.8. The molecule has 3 aromatic rings. The zero-order chi connectivity index (χ0) is 13.4. The fourth-order valence-corrected chi connectivity index (χ4v) is 5.30. The molecule has 0 aliphatic carbocycles. The number of hydrogen-bond donors (Lipinski definition) is 0. The van der Waals surface area contributed by atoms with Gasteiger partial charge in [0.15, 0.2) is 0 Å². The van der Waals surface area contributed by atoms with Crippen molar-refractivity contribution in [1.82, 2.24) is 0 Å². The molecule has 0 aliphatic rings. The molecule has 0 fully saturated rings. The Morgan fingerprint density at radius 1 is 1.16 bits per heavy atom. The summed E-state index contributed by atoms with van der Waals surface area (Å²) in [5, 5.41) is 2.14. The first kappa shape index (κ1) is 13.6. The Kier molecular flexibility index (Phi) is 3.98. The molecule has 2 aromatic heterocycles. The van der Waals surface area contributed by atoms with Gasteiger partial charge in [0.05, 0.1) is 16.4 Å². The van der Waals surface area contributed by atoms with E-state index in [0.717, 1.165) is 10.2 Å². The van der Waals surface area contributed by atoms with Crippen LogP contribution in [0.3, 0.4) is 0 Å². The minimum atomic E-state index is 0.222. The second kappa shape index (κ2) is 5.56. The van der Waals surface area contributed by atoms with Gasteiger partial charge in [0.1, 0.15) is 5.75 Å². The van der Waals surface area contributed by atoms with Gasteiger partial charge in [0.25, 0.3) is 0 Å². The van der Waals surface area contributed by atoms with Crippen molar-refractivity contribution >= 4 is 63.9 Å². The Morgan fingerprint density at radius 2 is 2.00 bits per heavy atom. The van der Waals surface area contributed by atoms with Crippen molar-refractivity contribution in [2.24, 2.45) is 0 Å². The lowest BCUT2D eigenvalue weighted by atomic mass is 10.1. The Balaban J connectivity index is 1.96.